The third-order valence-electron chi connectivity index (χ3n) is 4.05. The first-order chi connectivity index (χ1) is 14.3. The van der Waals surface area contributed by atoms with Gasteiger partial charge in [0, 0.05) is 18.5 Å². The fraction of sp³-hybridized carbons (Fsp3) is 0.286. The van der Waals surface area contributed by atoms with E-state index in [0.29, 0.717) is 18.0 Å². The van der Waals surface area contributed by atoms with Crippen LogP contribution in [0.1, 0.15) is 23.7 Å². The quantitative estimate of drug-likeness (QED) is 0.562. The van der Waals surface area contributed by atoms with E-state index in [2.05, 4.69) is 0 Å². The largest absolute Gasteiger partial charge is 0.494 e. The molecule has 0 radical (unpaired) electrons. The van der Waals surface area contributed by atoms with Crippen LogP contribution in [0.3, 0.4) is 0 Å². The molecule has 0 aliphatic carbocycles. The molecule has 0 heterocycles. The topological polar surface area (TPSA) is 114 Å². The van der Waals surface area contributed by atoms with Gasteiger partial charge < -0.3 is 14.4 Å². The molecule has 0 saturated carbocycles. The lowest BCUT2D eigenvalue weighted by Crippen LogP contribution is -2.35. The predicted octanol–water partition coefficient (Wildman–Crippen LogP) is 2.59. The lowest BCUT2D eigenvalue weighted by atomic mass is 10.2. The molecule has 9 heteroatoms. The minimum atomic E-state index is -3.38. The Bertz CT molecular complexity index is 1020. The van der Waals surface area contributed by atoms with Gasteiger partial charge in [0.05, 0.1) is 29.6 Å². The second-order valence-corrected chi connectivity index (χ2v) is 8.27. The van der Waals surface area contributed by atoms with Crippen molar-refractivity contribution < 1.29 is 27.5 Å². The highest BCUT2D eigenvalue weighted by Gasteiger charge is 2.19. The van der Waals surface area contributed by atoms with Gasteiger partial charge in [-0.05, 0) is 55.5 Å². The monoisotopic (exact) mass is 430 g/mol. The Hall–Kier alpha value is -3.38. The Morgan fingerprint density at radius 1 is 1.07 bits per heavy atom. The summed E-state index contributed by atoms with van der Waals surface area (Å²) in [6.45, 7) is 1.99. The summed E-state index contributed by atoms with van der Waals surface area (Å²) in [5.41, 5.74) is 0.673. The minimum Gasteiger partial charge on any atom is -0.494 e. The average Bonchev–Trinajstić information content (AvgIpc) is 2.73. The Kier molecular flexibility index (Phi) is 7.95. The van der Waals surface area contributed by atoms with Crippen molar-refractivity contribution in [3.63, 3.8) is 0 Å². The predicted molar refractivity (Wildman–Crippen MR) is 110 cm³/mol. The number of sulfone groups is 1. The molecule has 0 saturated heterocycles. The second-order valence-electron chi connectivity index (χ2n) is 6.25. The van der Waals surface area contributed by atoms with Crippen molar-refractivity contribution in [1.29, 1.82) is 5.26 Å². The van der Waals surface area contributed by atoms with Crippen molar-refractivity contribution >= 4 is 27.4 Å². The number of ether oxygens (including phenoxy) is 2. The van der Waals surface area contributed by atoms with Crippen LogP contribution in [0.15, 0.2) is 53.4 Å². The van der Waals surface area contributed by atoms with Gasteiger partial charge in [0.15, 0.2) is 16.4 Å². The summed E-state index contributed by atoms with van der Waals surface area (Å²) in [5, 5.41) is 8.87. The van der Waals surface area contributed by atoms with Gasteiger partial charge in [0.1, 0.15) is 5.75 Å². The van der Waals surface area contributed by atoms with E-state index in [-0.39, 0.29) is 23.4 Å². The number of esters is 1. The van der Waals surface area contributed by atoms with Crippen molar-refractivity contribution in [3.05, 3.63) is 54.1 Å². The van der Waals surface area contributed by atoms with Crippen molar-refractivity contribution in [1.82, 2.24) is 0 Å². The van der Waals surface area contributed by atoms with Crippen molar-refractivity contribution in [3.8, 4) is 11.8 Å². The number of hydrogen-bond acceptors (Lipinski definition) is 7. The number of nitriles is 1. The van der Waals surface area contributed by atoms with E-state index in [1.807, 2.05) is 13.0 Å². The van der Waals surface area contributed by atoms with Crippen LogP contribution in [-0.4, -0.2) is 46.3 Å². The lowest BCUT2D eigenvalue weighted by Gasteiger charge is -2.22. The fourth-order valence-corrected chi connectivity index (χ4v) is 3.21. The van der Waals surface area contributed by atoms with E-state index >= 15 is 0 Å². The number of nitrogens with zero attached hydrogens (tertiary/aromatic N) is 2. The van der Waals surface area contributed by atoms with Gasteiger partial charge in [-0.3, -0.25) is 4.79 Å². The Morgan fingerprint density at radius 2 is 1.70 bits per heavy atom. The Labute approximate surface area is 175 Å². The Balaban J connectivity index is 2.06. The molecule has 0 aliphatic heterocycles. The molecule has 2 aromatic rings. The molecule has 0 aliphatic rings. The van der Waals surface area contributed by atoms with E-state index in [9.17, 15) is 18.0 Å². The van der Waals surface area contributed by atoms with Crippen molar-refractivity contribution in [2.45, 2.75) is 18.2 Å². The highest BCUT2D eigenvalue weighted by atomic mass is 32.2. The van der Waals surface area contributed by atoms with Crippen molar-refractivity contribution in [2.24, 2.45) is 0 Å². The number of carbonyl (C=O) groups excluding carboxylic acids is 2. The molecule has 1 amide bonds. The number of carbonyl (C=O) groups is 2. The summed E-state index contributed by atoms with van der Waals surface area (Å²) in [7, 11) is -3.38. The summed E-state index contributed by atoms with van der Waals surface area (Å²) >= 11 is 0. The van der Waals surface area contributed by atoms with E-state index in [1.54, 1.807) is 24.3 Å². The maximum Gasteiger partial charge on any atom is 0.338 e. The average molecular weight is 430 g/mol. The van der Waals surface area contributed by atoms with E-state index in [4.69, 9.17) is 14.7 Å². The second kappa shape index (κ2) is 10.4. The minimum absolute atomic E-state index is 0.0771. The smallest absolute Gasteiger partial charge is 0.338 e. The zero-order valence-electron chi connectivity index (χ0n) is 16.7. The molecule has 0 bridgehead atoms. The number of anilines is 1. The molecule has 30 heavy (non-hydrogen) atoms. The maximum absolute atomic E-state index is 12.6. The summed E-state index contributed by atoms with van der Waals surface area (Å²) in [6, 6.07) is 14.0. The summed E-state index contributed by atoms with van der Waals surface area (Å²) in [4.78, 5) is 26.2. The third-order valence-corrected chi connectivity index (χ3v) is 5.18. The molecular formula is C21H22N2O6S. The van der Waals surface area contributed by atoms with Gasteiger partial charge in [-0.1, -0.05) is 0 Å². The molecule has 0 unspecified atom stereocenters. The molecule has 0 aromatic heterocycles. The van der Waals surface area contributed by atoms with Gasteiger partial charge in [0.25, 0.3) is 5.91 Å². The van der Waals surface area contributed by atoms with Crippen LogP contribution in [0.25, 0.3) is 0 Å². The number of benzene rings is 2. The lowest BCUT2D eigenvalue weighted by molar-refractivity contribution is -0.121. The first-order valence-electron chi connectivity index (χ1n) is 9.13. The molecule has 0 fully saturated rings. The molecule has 0 spiro atoms. The van der Waals surface area contributed by atoms with Crippen LogP contribution in [0.2, 0.25) is 0 Å². The first kappa shape index (κ1) is 22.9. The molecule has 2 rings (SSSR count). The van der Waals surface area contributed by atoms with Gasteiger partial charge in [-0.25, -0.2) is 13.2 Å². The molecule has 8 nitrogen and oxygen atoms in total. The van der Waals surface area contributed by atoms with Gasteiger partial charge in [-0.2, -0.15) is 5.26 Å². The maximum atomic E-state index is 12.6. The molecule has 0 atom stereocenters. The SMILES string of the molecule is CCOc1ccc(N(CCC#N)C(=O)COC(=O)c2ccc(S(C)(=O)=O)cc2)cc1. The van der Waals surface area contributed by atoms with Crippen LogP contribution in [0.5, 0.6) is 5.75 Å². The number of rotatable bonds is 9. The summed E-state index contributed by atoms with van der Waals surface area (Å²) in [6.07, 6.45) is 1.18. The summed E-state index contributed by atoms with van der Waals surface area (Å²) < 4.78 is 33.4. The molecular weight excluding hydrogens is 408 g/mol. The van der Waals surface area contributed by atoms with Crippen LogP contribution in [0, 0.1) is 11.3 Å². The van der Waals surface area contributed by atoms with Crippen LogP contribution in [-0.2, 0) is 19.4 Å². The normalized spacial score (nSPS) is 10.7. The zero-order valence-corrected chi connectivity index (χ0v) is 17.5. The van der Waals surface area contributed by atoms with E-state index < -0.39 is 28.3 Å². The number of hydrogen-bond donors (Lipinski definition) is 0. The van der Waals surface area contributed by atoms with Gasteiger partial charge in [-0.15, -0.1) is 0 Å². The number of amides is 1. The van der Waals surface area contributed by atoms with Crippen LogP contribution >= 0.6 is 0 Å². The molecule has 2 aromatic carbocycles. The Morgan fingerprint density at radius 3 is 2.23 bits per heavy atom. The van der Waals surface area contributed by atoms with Gasteiger partial charge in [0.2, 0.25) is 0 Å². The van der Waals surface area contributed by atoms with Crippen LogP contribution < -0.4 is 9.64 Å². The summed E-state index contributed by atoms with van der Waals surface area (Å²) in [5.74, 6) is -0.594. The zero-order chi connectivity index (χ0) is 22.1. The van der Waals surface area contributed by atoms with E-state index in [0.717, 1.165) is 6.26 Å². The standard InChI is InChI=1S/C21H22N2O6S/c1-3-28-18-9-7-17(8-10-18)23(14-4-13-22)20(24)15-29-21(25)16-5-11-19(12-6-16)30(2,26)27/h5-12H,3-4,14-15H2,1-2H3. The third kappa shape index (κ3) is 6.32. The van der Waals surface area contributed by atoms with Gasteiger partial charge >= 0.3 is 5.97 Å². The van der Waals surface area contributed by atoms with E-state index in [1.165, 1.54) is 29.2 Å². The molecule has 158 valence electrons. The van der Waals surface area contributed by atoms with Crippen LogP contribution in [0.4, 0.5) is 5.69 Å². The highest BCUT2D eigenvalue weighted by Crippen LogP contribution is 2.20. The highest BCUT2D eigenvalue weighted by molar-refractivity contribution is 7.90. The van der Waals surface area contributed by atoms with Crippen molar-refractivity contribution in [2.75, 3.05) is 30.9 Å². The molecule has 0 N–H and O–H groups in total. The first-order valence-corrected chi connectivity index (χ1v) is 11.0. The fourth-order valence-electron chi connectivity index (χ4n) is 2.58.